The molecule has 6 heteroatoms. The number of anilines is 1. The fraction of sp³-hybridized carbons (Fsp3) is 0.500. The number of hydrogen-bond acceptors (Lipinski definition) is 4. The van der Waals surface area contributed by atoms with E-state index in [2.05, 4.69) is 9.97 Å². The number of primary amides is 1. The molecule has 1 aromatic heterocycles. The first kappa shape index (κ1) is 11.1. The van der Waals surface area contributed by atoms with E-state index in [9.17, 15) is 4.79 Å². The summed E-state index contributed by atoms with van der Waals surface area (Å²) in [4.78, 5) is 21.3. The second-order valence-electron chi connectivity index (χ2n) is 3.89. The summed E-state index contributed by atoms with van der Waals surface area (Å²) in [6.45, 7) is 2.62. The number of amides is 1. The SMILES string of the molecule is Cc1cc(N2CCCC2C(N)=O)nc(Cl)n1. The third kappa shape index (κ3) is 2.09. The number of rotatable bonds is 2. The third-order valence-corrected chi connectivity index (χ3v) is 2.86. The molecule has 2 heterocycles. The third-order valence-electron chi connectivity index (χ3n) is 2.69. The first-order valence-electron chi connectivity index (χ1n) is 5.15. The van der Waals surface area contributed by atoms with E-state index in [0.717, 1.165) is 25.1 Å². The molecule has 0 aromatic carbocycles. The molecular weight excluding hydrogens is 228 g/mol. The summed E-state index contributed by atoms with van der Waals surface area (Å²) < 4.78 is 0. The van der Waals surface area contributed by atoms with E-state index in [0.29, 0.717) is 5.82 Å². The highest BCUT2D eigenvalue weighted by atomic mass is 35.5. The van der Waals surface area contributed by atoms with Gasteiger partial charge in [0.2, 0.25) is 11.2 Å². The normalized spacial score (nSPS) is 20.1. The first-order chi connectivity index (χ1) is 7.58. The highest BCUT2D eigenvalue weighted by Gasteiger charge is 2.30. The van der Waals surface area contributed by atoms with Crippen molar-refractivity contribution in [2.75, 3.05) is 11.4 Å². The van der Waals surface area contributed by atoms with Crippen molar-refractivity contribution in [1.82, 2.24) is 9.97 Å². The van der Waals surface area contributed by atoms with Crippen molar-refractivity contribution >= 4 is 23.3 Å². The Morgan fingerprint density at radius 1 is 1.62 bits per heavy atom. The summed E-state index contributed by atoms with van der Waals surface area (Å²) in [5.74, 6) is 0.365. The maximum atomic E-state index is 11.3. The molecule has 1 aliphatic rings. The highest BCUT2D eigenvalue weighted by Crippen LogP contribution is 2.24. The van der Waals surface area contributed by atoms with Gasteiger partial charge >= 0.3 is 0 Å². The molecule has 86 valence electrons. The first-order valence-corrected chi connectivity index (χ1v) is 5.53. The average molecular weight is 241 g/mol. The summed E-state index contributed by atoms with van der Waals surface area (Å²) in [6, 6.07) is 1.54. The van der Waals surface area contributed by atoms with Crippen LogP contribution in [0.4, 0.5) is 5.82 Å². The number of nitrogens with two attached hydrogens (primary N) is 1. The van der Waals surface area contributed by atoms with Crippen LogP contribution < -0.4 is 10.6 Å². The molecule has 0 aliphatic carbocycles. The van der Waals surface area contributed by atoms with E-state index < -0.39 is 0 Å². The Morgan fingerprint density at radius 3 is 3.00 bits per heavy atom. The van der Waals surface area contributed by atoms with Gasteiger partial charge in [0.1, 0.15) is 11.9 Å². The van der Waals surface area contributed by atoms with E-state index in [1.165, 1.54) is 0 Å². The molecule has 2 rings (SSSR count). The van der Waals surface area contributed by atoms with Gasteiger partial charge in [0.15, 0.2) is 0 Å². The molecule has 0 bridgehead atoms. The Balaban J connectivity index is 2.32. The molecule has 0 saturated carbocycles. The van der Waals surface area contributed by atoms with Crippen molar-refractivity contribution in [3.05, 3.63) is 17.0 Å². The molecule has 5 nitrogen and oxygen atoms in total. The maximum absolute atomic E-state index is 11.3. The molecule has 1 fully saturated rings. The van der Waals surface area contributed by atoms with E-state index >= 15 is 0 Å². The van der Waals surface area contributed by atoms with Crippen LogP contribution in [-0.4, -0.2) is 28.5 Å². The van der Waals surface area contributed by atoms with Crippen LogP contribution in [0.5, 0.6) is 0 Å². The topological polar surface area (TPSA) is 72.1 Å². The fourth-order valence-electron chi connectivity index (χ4n) is 2.00. The maximum Gasteiger partial charge on any atom is 0.240 e. The number of aromatic nitrogens is 2. The molecule has 1 amide bonds. The minimum Gasteiger partial charge on any atom is -0.368 e. The Kier molecular flexibility index (Phi) is 2.96. The summed E-state index contributed by atoms with van der Waals surface area (Å²) >= 11 is 5.79. The fourth-order valence-corrected chi connectivity index (χ4v) is 2.22. The van der Waals surface area contributed by atoms with Gasteiger partial charge in [-0.15, -0.1) is 0 Å². The van der Waals surface area contributed by atoms with Crippen LogP contribution in [0, 0.1) is 6.92 Å². The molecule has 2 N–H and O–H groups in total. The van der Waals surface area contributed by atoms with Crippen molar-refractivity contribution in [1.29, 1.82) is 0 Å². The van der Waals surface area contributed by atoms with Crippen molar-refractivity contribution < 1.29 is 4.79 Å². The Morgan fingerprint density at radius 2 is 2.38 bits per heavy atom. The lowest BCUT2D eigenvalue weighted by Gasteiger charge is -2.23. The molecule has 1 aromatic rings. The standard InChI is InChI=1S/C10H13ClN4O/c1-6-5-8(14-10(11)13-6)15-4-2-3-7(15)9(12)16/h5,7H,2-4H2,1H3,(H2,12,16). The Labute approximate surface area is 98.6 Å². The minimum absolute atomic E-state index is 0.199. The van der Waals surface area contributed by atoms with Gasteiger partial charge < -0.3 is 10.6 Å². The van der Waals surface area contributed by atoms with Gasteiger partial charge in [-0.3, -0.25) is 4.79 Å². The van der Waals surface area contributed by atoms with E-state index in [-0.39, 0.29) is 17.2 Å². The smallest absolute Gasteiger partial charge is 0.240 e. The van der Waals surface area contributed by atoms with Gasteiger partial charge in [0.05, 0.1) is 0 Å². The number of carbonyl (C=O) groups excluding carboxylic acids is 1. The van der Waals surface area contributed by atoms with E-state index in [1.807, 2.05) is 17.9 Å². The molecule has 1 atom stereocenters. The zero-order valence-corrected chi connectivity index (χ0v) is 9.74. The van der Waals surface area contributed by atoms with Crippen LogP contribution in [0.15, 0.2) is 6.07 Å². The van der Waals surface area contributed by atoms with Crippen molar-refractivity contribution in [2.24, 2.45) is 5.73 Å². The zero-order valence-electron chi connectivity index (χ0n) is 8.98. The van der Waals surface area contributed by atoms with Crippen LogP contribution in [0.1, 0.15) is 18.5 Å². The highest BCUT2D eigenvalue weighted by molar-refractivity contribution is 6.28. The van der Waals surface area contributed by atoms with Gasteiger partial charge in [-0.2, -0.15) is 0 Å². The summed E-state index contributed by atoms with van der Waals surface area (Å²) in [5.41, 5.74) is 6.13. The largest absolute Gasteiger partial charge is 0.368 e. The zero-order chi connectivity index (χ0) is 11.7. The van der Waals surface area contributed by atoms with Gasteiger partial charge in [0.25, 0.3) is 0 Å². The van der Waals surface area contributed by atoms with E-state index in [4.69, 9.17) is 17.3 Å². The van der Waals surface area contributed by atoms with E-state index in [1.54, 1.807) is 0 Å². The number of halogens is 1. The summed E-state index contributed by atoms with van der Waals surface area (Å²) in [6.07, 6.45) is 1.71. The lowest BCUT2D eigenvalue weighted by Crippen LogP contribution is -2.40. The number of aryl methyl sites for hydroxylation is 1. The van der Waals surface area contributed by atoms with Gasteiger partial charge in [0, 0.05) is 18.3 Å². The second kappa shape index (κ2) is 4.25. The predicted molar refractivity (Wildman–Crippen MR) is 61.3 cm³/mol. The number of carbonyl (C=O) groups is 1. The summed E-state index contributed by atoms with van der Waals surface area (Å²) in [7, 11) is 0. The number of hydrogen-bond donors (Lipinski definition) is 1. The molecule has 1 unspecified atom stereocenters. The van der Waals surface area contributed by atoms with Crippen LogP contribution in [0.3, 0.4) is 0 Å². The predicted octanol–water partition coefficient (Wildman–Crippen LogP) is 0.893. The Bertz CT molecular complexity index is 403. The average Bonchev–Trinajstić information content (AvgIpc) is 2.63. The quantitative estimate of drug-likeness (QED) is 0.780. The number of nitrogens with zero attached hydrogens (tertiary/aromatic N) is 3. The second-order valence-corrected chi connectivity index (χ2v) is 4.23. The summed E-state index contributed by atoms with van der Waals surface area (Å²) in [5, 5.41) is 0.199. The van der Waals surface area contributed by atoms with Gasteiger partial charge in [-0.1, -0.05) is 0 Å². The molecule has 16 heavy (non-hydrogen) atoms. The van der Waals surface area contributed by atoms with Crippen LogP contribution >= 0.6 is 11.6 Å². The molecular formula is C10H13ClN4O. The van der Waals surface area contributed by atoms with Crippen LogP contribution in [0.25, 0.3) is 0 Å². The van der Waals surface area contributed by atoms with Crippen molar-refractivity contribution in [2.45, 2.75) is 25.8 Å². The van der Waals surface area contributed by atoms with Crippen LogP contribution in [0.2, 0.25) is 5.28 Å². The lowest BCUT2D eigenvalue weighted by atomic mass is 10.2. The Hall–Kier alpha value is -1.36. The molecule has 1 aliphatic heterocycles. The molecule has 0 radical (unpaired) electrons. The van der Waals surface area contributed by atoms with Crippen LogP contribution in [-0.2, 0) is 4.79 Å². The van der Waals surface area contributed by atoms with Crippen molar-refractivity contribution in [3.63, 3.8) is 0 Å². The lowest BCUT2D eigenvalue weighted by molar-refractivity contribution is -0.119. The minimum atomic E-state index is -0.315. The van der Waals surface area contributed by atoms with Crippen molar-refractivity contribution in [3.8, 4) is 0 Å². The monoisotopic (exact) mass is 240 g/mol. The molecule has 0 spiro atoms. The van der Waals surface area contributed by atoms with Gasteiger partial charge in [-0.05, 0) is 31.4 Å². The van der Waals surface area contributed by atoms with Gasteiger partial charge in [-0.25, -0.2) is 9.97 Å². The molecule has 1 saturated heterocycles.